The Labute approximate surface area is 158 Å². The van der Waals surface area contributed by atoms with Crippen molar-refractivity contribution >= 4 is 5.96 Å². The van der Waals surface area contributed by atoms with E-state index < -0.39 is 0 Å². The van der Waals surface area contributed by atoms with Crippen molar-refractivity contribution in [1.29, 1.82) is 0 Å². The summed E-state index contributed by atoms with van der Waals surface area (Å²) in [6, 6.07) is 7.96. The molecule has 0 radical (unpaired) electrons. The molecule has 1 fully saturated rings. The lowest BCUT2D eigenvalue weighted by Crippen LogP contribution is -2.53. The summed E-state index contributed by atoms with van der Waals surface area (Å²) in [5, 5.41) is 7.33. The third kappa shape index (κ3) is 5.68. The zero-order valence-corrected chi connectivity index (χ0v) is 15.8. The van der Waals surface area contributed by atoms with Crippen LogP contribution < -0.4 is 10.1 Å². The van der Waals surface area contributed by atoms with Crippen molar-refractivity contribution in [3.63, 3.8) is 0 Å². The lowest BCUT2D eigenvalue weighted by molar-refractivity contribution is 0.167. The summed E-state index contributed by atoms with van der Waals surface area (Å²) in [5.74, 6) is 1.25. The van der Waals surface area contributed by atoms with Gasteiger partial charge in [-0.25, -0.2) is 4.39 Å². The minimum Gasteiger partial charge on any atom is -0.489 e. The molecule has 3 rings (SSSR count). The minimum absolute atomic E-state index is 0.0688. The van der Waals surface area contributed by atoms with Crippen molar-refractivity contribution in [2.75, 3.05) is 39.8 Å². The Morgan fingerprint density at radius 3 is 2.63 bits per heavy atom. The highest BCUT2D eigenvalue weighted by molar-refractivity contribution is 5.80. The molecule has 0 bridgehead atoms. The van der Waals surface area contributed by atoms with E-state index in [-0.39, 0.29) is 11.9 Å². The van der Waals surface area contributed by atoms with Crippen LogP contribution in [0.25, 0.3) is 0 Å². The molecule has 2 aromatic rings. The minimum atomic E-state index is -0.267. The van der Waals surface area contributed by atoms with Gasteiger partial charge < -0.3 is 19.5 Å². The Bertz CT molecular complexity index is 712. The predicted octanol–water partition coefficient (Wildman–Crippen LogP) is 1.97. The fourth-order valence-corrected chi connectivity index (χ4v) is 3.02. The topological polar surface area (TPSA) is 66.1 Å². The maximum absolute atomic E-state index is 13.0. The maximum Gasteiger partial charge on any atom is 0.193 e. The first-order chi connectivity index (χ1) is 13.1. The second-order valence-electron chi connectivity index (χ2n) is 6.56. The van der Waals surface area contributed by atoms with E-state index in [9.17, 15) is 4.39 Å². The number of piperazine rings is 1. The summed E-state index contributed by atoms with van der Waals surface area (Å²) < 4.78 is 23.7. The lowest BCUT2D eigenvalue weighted by atomic mass is 10.3. The van der Waals surface area contributed by atoms with Gasteiger partial charge in [0.05, 0.1) is 12.2 Å². The predicted molar refractivity (Wildman–Crippen MR) is 101 cm³/mol. The smallest absolute Gasteiger partial charge is 0.193 e. The van der Waals surface area contributed by atoms with Crippen molar-refractivity contribution < 1.29 is 13.7 Å². The highest BCUT2D eigenvalue weighted by atomic mass is 19.1. The van der Waals surface area contributed by atoms with Gasteiger partial charge in [-0.2, -0.15) is 0 Å². The molecule has 0 saturated carbocycles. The molecule has 7 nitrogen and oxygen atoms in total. The van der Waals surface area contributed by atoms with Crippen LogP contribution in [0, 0.1) is 5.82 Å². The first kappa shape index (κ1) is 19.2. The van der Waals surface area contributed by atoms with Gasteiger partial charge in [-0.1, -0.05) is 5.16 Å². The Morgan fingerprint density at radius 1 is 1.26 bits per heavy atom. The zero-order chi connectivity index (χ0) is 19.1. The number of nitrogens with one attached hydrogen (secondary N) is 1. The molecule has 1 aromatic heterocycles. The molecule has 27 heavy (non-hydrogen) atoms. The van der Waals surface area contributed by atoms with E-state index in [1.165, 1.54) is 12.1 Å². The number of hydrogen-bond donors (Lipinski definition) is 1. The molecule has 1 unspecified atom stereocenters. The lowest BCUT2D eigenvalue weighted by Gasteiger charge is -2.36. The van der Waals surface area contributed by atoms with Gasteiger partial charge in [0.2, 0.25) is 0 Å². The van der Waals surface area contributed by atoms with Crippen molar-refractivity contribution in [3.05, 3.63) is 48.1 Å². The van der Waals surface area contributed by atoms with Gasteiger partial charge >= 0.3 is 0 Å². The summed E-state index contributed by atoms with van der Waals surface area (Å²) >= 11 is 0. The van der Waals surface area contributed by atoms with Crippen molar-refractivity contribution in [3.8, 4) is 5.75 Å². The van der Waals surface area contributed by atoms with Crippen LogP contribution in [0.2, 0.25) is 0 Å². The van der Waals surface area contributed by atoms with Crippen molar-refractivity contribution in [2.24, 2.45) is 4.99 Å². The fraction of sp³-hybridized carbons (Fsp3) is 0.474. The van der Waals surface area contributed by atoms with Gasteiger partial charge in [0.15, 0.2) is 5.96 Å². The number of halogens is 1. The average Bonchev–Trinajstić information content (AvgIpc) is 3.18. The second-order valence-corrected chi connectivity index (χ2v) is 6.56. The number of ether oxygens (including phenoxy) is 1. The van der Waals surface area contributed by atoms with E-state index in [0.717, 1.165) is 44.4 Å². The molecule has 1 aromatic carbocycles. The molecule has 1 N–H and O–H groups in total. The number of aliphatic imine (C=N–C) groups is 1. The summed E-state index contributed by atoms with van der Waals surface area (Å²) in [5.41, 5.74) is 0.956. The SMILES string of the molecule is CN=C(NCC(C)Oc1ccc(F)cc1)N1CCN(Cc2ccon2)CC1. The Balaban J connectivity index is 1.42. The standard InChI is InChI=1S/C19H26FN5O2/c1-15(27-18-5-3-16(20)4-6-18)13-22-19(21-2)25-10-8-24(9-11-25)14-17-7-12-26-23-17/h3-7,12,15H,8-11,13-14H2,1-2H3,(H,21,22). The quantitative estimate of drug-likeness (QED) is 0.615. The van der Waals surface area contributed by atoms with Crippen LogP contribution in [0.1, 0.15) is 12.6 Å². The molecule has 146 valence electrons. The summed E-state index contributed by atoms with van der Waals surface area (Å²) in [7, 11) is 1.79. The zero-order valence-electron chi connectivity index (χ0n) is 15.8. The van der Waals surface area contributed by atoms with Crippen LogP contribution in [-0.4, -0.2) is 66.8 Å². The van der Waals surface area contributed by atoms with E-state index in [0.29, 0.717) is 12.3 Å². The van der Waals surface area contributed by atoms with Gasteiger partial charge in [0.1, 0.15) is 23.9 Å². The monoisotopic (exact) mass is 375 g/mol. The van der Waals surface area contributed by atoms with Gasteiger partial charge in [-0.3, -0.25) is 9.89 Å². The number of rotatable bonds is 6. The number of nitrogens with zero attached hydrogens (tertiary/aromatic N) is 4. The Kier molecular flexibility index (Phi) is 6.64. The molecule has 1 aliphatic rings. The van der Waals surface area contributed by atoms with Crippen LogP contribution in [-0.2, 0) is 6.54 Å². The molecule has 8 heteroatoms. The Hall–Kier alpha value is -2.61. The van der Waals surface area contributed by atoms with Crippen LogP contribution in [0.15, 0.2) is 46.1 Å². The number of hydrogen-bond acceptors (Lipinski definition) is 5. The molecule has 1 aliphatic heterocycles. The number of guanidine groups is 1. The number of aromatic nitrogens is 1. The fourth-order valence-electron chi connectivity index (χ4n) is 3.02. The largest absolute Gasteiger partial charge is 0.489 e. The van der Waals surface area contributed by atoms with Crippen LogP contribution in [0.5, 0.6) is 5.75 Å². The molecule has 1 atom stereocenters. The second kappa shape index (κ2) is 9.36. The molecular formula is C19H26FN5O2. The third-order valence-electron chi connectivity index (χ3n) is 4.46. The first-order valence-corrected chi connectivity index (χ1v) is 9.13. The number of benzene rings is 1. The molecule has 2 heterocycles. The van der Waals surface area contributed by atoms with Crippen LogP contribution >= 0.6 is 0 Å². The average molecular weight is 375 g/mol. The van der Waals surface area contributed by atoms with Crippen LogP contribution in [0.4, 0.5) is 4.39 Å². The molecular weight excluding hydrogens is 349 g/mol. The van der Waals surface area contributed by atoms with E-state index >= 15 is 0 Å². The summed E-state index contributed by atoms with van der Waals surface area (Å²) in [4.78, 5) is 8.97. The van der Waals surface area contributed by atoms with E-state index in [1.54, 1.807) is 25.4 Å². The first-order valence-electron chi connectivity index (χ1n) is 9.13. The normalized spacial score (nSPS) is 17.0. The van der Waals surface area contributed by atoms with Gasteiger partial charge in [0, 0.05) is 45.8 Å². The highest BCUT2D eigenvalue weighted by Gasteiger charge is 2.20. The highest BCUT2D eigenvalue weighted by Crippen LogP contribution is 2.13. The molecule has 0 amide bonds. The van der Waals surface area contributed by atoms with E-state index in [2.05, 4.69) is 25.3 Å². The molecule has 0 aliphatic carbocycles. The molecule has 0 spiro atoms. The third-order valence-corrected chi connectivity index (χ3v) is 4.46. The van der Waals surface area contributed by atoms with Crippen molar-refractivity contribution in [2.45, 2.75) is 19.6 Å². The molecule has 1 saturated heterocycles. The van der Waals surface area contributed by atoms with E-state index in [4.69, 9.17) is 9.26 Å². The van der Waals surface area contributed by atoms with Gasteiger partial charge in [0.25, 0.3) is 0 Å². The van der Waals surface area contributed by atoms with E-state index in [1.807, 2.05) is 13.0 Å². The summed E-state index contributed by atoms with van der Waals surface area (Å²) in [6.45, 7) is 7.06. The van der Waals surface area contributed by atoms with Crippen LogP contribution in [0.3, 0.4) is 0 Å². The van der Waals surface area contributed by atoms with Gasteiger partial charge in [-0.15, -0.1) is 0 Å². The Morgan fingerprint density at radius 2 is 2.00 bits per heavy atom. The van der Waals surface area contributed by atoms with Crippen molar-refractivity contribution in [1.82, 2.24) is 20.3 Å². The maximum atomic E-state index is 13.0. The van der Waals surface area contributed by atoms with Gasteiger partial charge in [-0.05, 0) is 31.2 Å². The summed E-state index contributed by atoms with van der Waals surface area (Å²) in [6.07, 6.45) is 1.53.